The van der Waals surface area contributed by atoms with Gasteiger partial charge in [0.05, 0.1) is 0 Å². The summed E-state index contributed by atoms with van der Waals surface area (Å²) in [6.45, 7) is 0.0371. The van der Waals surface area contributed by atoms with E-state index in [4.69, 9.17) is 0 Å². The van der Waals surface area contributed by atoms with Crippen LogP contribution in [-0.4, -0.2) is 28.8 Å². The van der Waals surface area contributed by atoms with Crippen LogP contribution in [0.1, 0.15) is 29.6 Å². The van der Waals surface area contributed by atoms with Gasteiger partial charge in [0.2, 0.25) is 0 Å². The quantitative estimate of drug-likeness (QED) is 0.788. The molecular formula is C15H18FNO3. The van der Waals surface area contributed by atoms with E-state index in [1.165, 1.54) is 12.1 Å². The normalized spacial score (nSPS) is 31.5. The molecule has 0 aromatic heterocycles. The van der Waals surface area contributed by atoms with E-state index in [0.29, 0.717) is 11.8 Å². The van der Waals surface area contributed by atoms with E-state index in [9.17, 15) is 19.4 Å². The Labute approximate surface area is 116 Å². The number of aromatic hydroxyl groups is 1. The number of hydrogen-bond acceptors (Lipinski definition) is 3. The largest absolute Gasteiger partial charge is 0.507 e. The van der Waals surface area contributed by atoms with Crippen LogP contribution in [0.4, 0.5) is 4.39 Å². The molecule has 20 heavy (non-hydrogen) atoms. The van der Waals surface area contributed by atoms with Crippen LogP contribution in [0.15, 0.2) is 18.2 Å². The van der Waals surface area contributed by atoms with Gasteiger partial charge in [-0.2, -0.15) is 0 Å². The lowest BCUT2D eigenvalue weighted by molar-refractivity contribution is 0.0855. The molecule has 0 unspecified atom stereocenters. The van der Waals surface area contributed by atoms with Crippen LogP contribution in [0.3, 0.4) is 0 Å². The second-order valence-electron chi connectivity index (χ2n) is 5.81. The van der Waals surface area contributed by atoms with Gasteiger partial charge in [0.1, 0.15) is 17.1 Å². The number of amides is 1. The number of phenols is 1. The highest BCUT2D eigenvalue weighted by molar-refractivity contribution is 5.97. The molecule has 4 atom stereocenters. The summed E-state index contributed by atoms with van der Waals surface area (Å²) in [5.74, 6) is -0.833. The van der Waals surface area contributed by atoms with Crippen molar-refractivity contribution in [1.82, 2.24) is 5.32 Å². The first-order valence-corrected chi connectivity index (χ1v) is 7.01. The average molecular weight is 279 g/mol. The number of benzene rings is 1. The fourth-order valence-electron chi connectivity index (χ4n) is 3.86. The van der Waals surface area contributed by atoms with E-state index in [0.717, 1.165) is 25.3 Å². The van der Waals surface area contributed by atoms with E-state index in [2.05, 4.69) is 5.32 Å². The maximum Gasteiger partial charge on any atom is 0.258 e. The zero-order valence-corrected chi connectivity index (χ0v) is 11.1. The first-order valence-electron chi connectivity index (χ1n) is 7.01. The second-order valence-corrected chi connectivity index (χ2v) is 5.81. The van der Waals surface area contributed by atoms with Crippen molar-refractivity contribution < 1.29 is 19.4 Å². The summed E-state index contributed by atoms with van der Waals surface area (Å²) in [5.41, 5.74) is -0.313. The number of nitrogens with one attached hydrogen (secondary N) is 1. The predicted octanol–water partition coefficient (Wildman–Crippen LogP) is 1.67. The molecule has 1 aromatic rings. The Morgan fingerprint density at radius 2 is 2.10 bits per heavy atom. The third-order valence-corrected chi connectivity index (χ3v) is 4.82. The van der Waals surface area contributed by atoms with Gasteiger partial charge in [0.25, 0.3) is 5.91 Å². The molecule has 5 heteroatoms. The number of aliphatic hydroxyl groups excluding tert-OH is 1. The summed E-state index contributed by atoms with van der Waals surface area (Å²) in [4.78, 5) is 12.2. The van der Waals surface area contributed by atoms with Crippen LogP contribution in [-0.2, 0) is 0 Å². The fraction of sp³-hybridized carbons (Fsp3) is 0.533. The van der Waals surface area contributed by atoms with E-state index >= 15 is 0 Å². The van der Waals surface area contributed by atoms with Gasteiger partial charge in [-0.25, -0.2) is 4.39 Å². The SMILES string of the molecule is O=C(N[C@H]1[C@H]2CC[C@@H](C2)[C@@H]1CO)c1c(O)cccc1F. The number of fused-ring (bicyclic) bond motifs is 2. The topological polar surface area (TPSA) is 69.6 Å². The Balaban J connectivity index is 1.79. The fourth-order valence-corrected chi connectivity index (χ4v) is 3.86. The van der Waals surface area contributed by atoms with Crippen molar-refractivity contribution in [2.24, 2.45) is 17.8 Å². The number of halogens is 1. The van der Waals surface area contributed by atoms with Crippen LogP contribution >= 0.6 is 0 Å². The first kappa shape index (κ1) is 13.4. The molecule has 2 aliphatic carbocycles. The van der Waals surface area contributed by atoms with Gasteiger partial charge in [0.15, 0.2) is 0 Å². The molecule has 0 radical (unpaired) electrons. The minimum absolute atomic E-state index is 0.0371. The third kappa shape index (κ3) is 2.06. The Morgan fingerprint density at radius 1 is 1.35 bits per heavy atom. The number of hydrogen-bond donors (Lipinski definition) is 3. The molecule has 0 saturated heterocycles. The molecule has 2 bridgehead atoms. The lowest BCUT2D eigenvalue weighted by Crippen LogP contribution is -2.45. The van der Waals surface area contributed by atoms with Gasteiger partial charge >= 0.3 is 0 Å². The minimum atomic E-state index is -0.730. The highest BCUT2D eigenvalue weighted by Crippen LogP contribution is 2.48. The monoisotopic (exact) mass is 279 g/mol. The number of aliphatic hydroxyl groups is 1. The number of carbonyl (C=O) groups is 1. The summed E-state index contributed by atoms with van der Waals surface area (Å²) in [5, 5.41) is 21.9. The van der Waals surface area contributed by atoms with Gasteiger partial charge in [-0.05, 0) is 43.2 Å². The van der Waals surface area contributed by atoms with Crippen LogP contribution < -0.4 is 5.32 Å². The van der Waals surface area contributed by atoms with Crippen LogP contribution in [0, 0.1) is 23.6 Å². The van der Waals surface area contributed by atoms with Crippen LogP contribution in [0.25, 0.3) is 0 Å². The molecule has 1 amide bonds. The lowest BCUT2D eigenvalue weighted by Gasteiger charge is -2.30. The van der Waals surface area contributed by atoms with Crippen molar-refractivity contribution >= 4 is 5.91 Å². The zero-order valence-electron chi connectivity index (χ0n) is 11.1. The molecule has 1 aromatic carbocycles. The first-order chi connectivity index (χ1) is 9.61. The van der Waals surface area contributed by atoms with E-state index in [1.54, 1.807) is 0 Å². The molecule has 0 spiro atoms. The van der Waals surface area contributed by atoms with Gasteiger partial charge in [-0.15, -0.1) is 0 Å². The molecule has 2 aliphatic rings. The smallest absolute Gasteiger partial charge is 0.258 e. The number of phenolic OH excluding ortho intramolecular Hbond substituents is 1. The molecule has 108 valence electrons. The van der Waals surface area contributed by atoms with Crippen molar-refractivity contribution in [2.45, 2.75) is 25.3 Å². The van der Waals surface area contributed by atoms with Crippen molar-refractivity contribution in [2.75, 3.05) is 6.61 Å². The molecule has 3 rings (SSSR count). The number of carbonyl (C=O) groups excluding carboxylic acids is 1. The maximum absolute atomic E-state index is 13.7. The Morgan fingerprint density at radius 3 is 2.80 bits per heavy atom. The lowest BCUT2D eigenvalue weighted by atomic mass is 9.85. The molecule has 3 N–H and O–H groups in total. The third-order valence-electron chi connectivity index (χ3n) is 4.82. The summed E-state index contributed by atoms with van der Waals surface area (Å²) in [6, 6.07) is 3.68. The molecule has 0 heterocycles. The summed E-state index contributed by atoms with van der Waals surface area (Å²) >= 11 is 0. The van der Waals surface area contributed by atoms with Gasteiger partial charge in [-0.3, -0.25) is 4.79 Å². The zero-order chi connectivity index (χ0) is 14.3. The minimum Gasteiger partial charge on any atom is -0.507 e. The molecule has 4 nitrogen and oxygen atoms in total. The van der Waals surface area contributed by atoms with Crippen LogP contribution in [0.5, 0.6) is 5.75 Å². The second kappa shape index (κ2) is 5.05. The van der Waals surface area contributed by atoms with Crippen molar-refractivity contribution in [1.29, 1.82) is 0 Å². The highest BCUT2D eigenvalue weighted by Gasteiger charge is 2.47. The predicted molar refractivity (Wildman–Crippen MR) is 70.7 cm³/mol. The van der Waals surface area contributed by atoms with Crippen molar-refractivity contribution in [3.05, 3.63) is 29.6 Å². The van der Waals surface area contributed by atoms with E-state index in [-0.39, 0.29) is 29.9 Å². The Kier molecular flexibility index (Phi) is 3.38. The van der Waals surface area contributed by atoms with Crippen molar-refractivity contribution in [3.8, 4) is 5.75 Å². The van der Waals surface area contributed by atoms with Gasteiger partial charge in [0, 0.05) is 18.6 Å². The van der Waals surface area contributed by atoms with Crippen LogP contribution in [0.2, 0.25) is 0 Å². The number of rotatable bonds is 3. The summed E-state index contributed by atoms with van der Waals surface area (Å²) in [6.07, 6.45) is 3.14. The molecular weight excluding hydrogens is 261 g/mol. The average Bonchev–Trinajstić information content (AvgIpc) is 2.99. The Hall–Kier alpha value is -1.62. The van der Waals surface area contributed by atoms with E-state index < -0.39 is 11.7 Å². The Bertz CT molecular complexity index is 514. The molecule has 2 fully saturated rings. The summed E-state index contributed by atoms with van der Waals surface area (Å²) in [7, 11) is 0. The molecule has 2 saturated carbocycles. The standard InChI is InChI=1S/C15H18FNO3/c16-11-2-1-3-12(19)13(11)15(20)17-14-9-5-4-8(6-9)10(14)7-18/h1-3,8-10,14,18-19H,4-7H2,(H,17,20)/t8-,9-,10-,14-/m0/s1. The van der Waals surface area contributed by atoms with E-state index in [1.807, 2.05) is 0 Å². The van der Waals surface area contributed by atoms with Gasteiger partial charge in [-0.1, -0.05) is 6.07 Å². The molecule has 0 aliphatic heterocycles. The maximum atomic E-state index is 13.7. The highest BCUT2D eigenvalue weighted by atomic mass is 19.1. The summed E-state index contributed by atoms with van der Waals surface area (Å²) < 4.78 is 13.7. The van der Waals surface area contributed by atoms with Crippen molar-refractivity contribution in [3.63, 3.8) is 0 Å². The van der Waals surface area contributed by atoms with Gasteiger partial charge < -0.3 is 15.5 Å².